The Bertz CT molecular complexity index is 1460. The third-order valence-electron chi connectivity index (χ3n) is 7.41. The molecule has 0 aliphatic carbocycles. The van der Waals surface area contributed by atoms with Gasteiger partial charge in [-0.15, -0.1) is 0 Å². The summed E-state index contributed by atoms with van der Waals surface area (Å²) in [6.45, 7) is 4.20. The molecular formula is C28H24FN3O2. The van der Waals surface area contributed by atoms with Gasteiger partial charge < -0.3 is 9.88 Å². The highest BCUT2D eigenvalue weighted by Gasteiger charge is 2.61. The van der Waals surface area contributed by atoms with Gasteiger partial charge in [0.15, 0.2) is 5.54 Å². The summed E-state index contributed by atoms with van der Waals surface area (Å²) in [5.41, 5.74) is 3.67. The number of urea groups is 1. The molecule has 0 radical (unpaired) electrons. The SMILES string of the molecule is CCc1ccc([C@@H]2CN3C(=O)N(c4ccccc4F)C(=O)[C@]3(C)c3[nH]c4ccccc4c32)cc1. The molecule has 0 bridgehead atoms. The molecule has 0 saturated carbocycles. The molecule has 1 fully saturated rings. The van der Waals surface area contributed by atoms with Crippen molar-refractivity contribution in [3.8, 4) is 0 Å². The number of carbonyl (C=O) groups is 2. The number of carbonyl (C=O) groups excluding carboxylic acids is 2. The highest BCUT2D eigenvalue weighted by molar-refractivity contribution is 6.23. The lowest BCUT2D eigenvalue weighted by Crippen LogP contribution is -2.50. The Balaban J connectivity index is 1.58. The molecule has 34 heavy (non-hydrogen) atoms. The van der Waals surface area contributed by atoms with Gasteiger partial charge in [0.25, 0.3) is 5.91 Å². The van der Waals surface area contributed by atoms with Gasteiger partial charge in [-0.2, -0.15) is 0 Å². The number of para-hydroxylation sites is 2. The largest absolute Gasteiger partial charge is 0.356 e. The second-order valence-corrected chi connectivity index (χ2v) is 9.16. The van der Waals surface area contributed by atoms with Crippen LogP contribution in [0.5, 0.6) is 0 Å². The van der Waals surface area contributed by atoms with Crippen LogP contribution in [-0.4, -0.2) is 28.4 Å². The highest BCUT2D eigenvalue weighted by atomic mass is 19.1. The lowest BCUT2D eigenvalue weighted by molar-refractivity contribution is -0.125. The first-order chi connectivity index (χ1) is 16.4. The second kappa shape index (κ2) is 7.29. The van der Waals surface area contributed by atoms with Gasteiger partial charge in [0, 0.05) is 23.4 Å². The molecule has 3 amide bonds. The van der Waals surface area contributed by atoms with E-state index in [1.807, 2.05) is 24.3 Å². The van der Waals surface area contributed by atoms with Crippen molar-refractivity contribution in [3.63, 3.8) is 0 Å². The molecule has 170 valence electrons. The second-order valence-electron chi connectivity index (χ2n) is 9.16. The number of halogens is 1. The first-order valence-corrected chi connectivity index (χ1v) is 11.6. The zero-order chi connectivity index (χ0) is 23.6. The number of H-pyrrole nitrogens is 1. The van der Waals surface area contributed by atoms with Gasteiger partial charge >= 0.3 is 6.03 Å². The molecule has 4 aromatic rings. The van der Waals surface area contributed by atoms with Crippen molar-refractivity contribution in [1.29, 1.82) is 0 Å². The van der Waals surface area contributed by atoms with E-state index in [2.05, 4.69) is 36.2 Å². The van der Waals surface area contributed by atoms with Gasteiger partial charge in [0.1, 0.15) is 5.82 Å². The first kappa shape index (κ1) is 20.7. The van der Waals surface area contributed by atoms with Gasteiger partial charge in [-0.1, -0.05) is 61.5 Å². The fourth-order valence-electron chi connectivity index (χ4n) is 5.52. The molecule has 2 aliphatic heterocycles. The van der Waals surface area contributed by atoms with Crippen molar-refractivity contribution < 1.29 is 14.0 Å². The van der Waals surface area contributed by atoms with E-state index in [0.717, 1.165) is 33.4 Å². The van der Waals surface area contributed by atoms with Crippen molar-refractivity contribution in [3.05, 3.63) is 101 Å². The van der Waals surface area contributed by atoms with E-state index in [1.54, 1.807) is 24.0 Å². The lowest BCUT2D eigenvalue weighted by Gasteiger charge is -2.40. The molecule has 6 rings (SSSR count). The van der Waals surface area contributed by atoms with E-state index in [1.165, 1.54) is 17.7 Å². The first-order valence-electron chi connectivity index (χ1n) is 11.6. The number of hydrogen-bond acceptors (Lipinski definition) is 2. The minimum absolute atomic E-state index is 0.0189. The smallest absolute Gasteiger partial charge is 0.332 e. The summed E-state index contributed by atoms with van der Waals surface area (Å²) in [5, 5.41) is 1.03. The van der Waals surface area contributed by atoms with Gasteiger partial charge in [0.2, 0.25) is 0 Å². The Morgan fingerprint density at radius 3 is 2.44 bits per heavy atom. The number of hydrogen-bond donors (Lipinski definition) is 1. The Kier molecular flexibility index (Phi) is 4.43. The summed E-state index contributed by atoms with van der Waals surface area (Å²) in [7, 11) is 0. The number of nitrogens with one attached hydrogen (secondary N) is 1. The molecule has 2 atom stereocenters. The molecule has 0 spiro atoms. The molecule has 5 nitrogen and oxygen atoms in total. The maximum Gasteiger partial charge on any atom is 0.332 e. The van der Waals surface area contributed by atoms with E-state index in [9.17, 15) is 14.0 Å². The van der Waals surface area contributed by atoms with Crippen LogP contribution in [-0.2, 0) is 16.8 Å². The monoisotopic (exact) mass is 453 g/mol. The summed E-state index contributed by atoms with van der Waals surface area (Å²) >= 11 is 0. The number of anilines is 1. The maximum atomic E-state index is 14.7. The van der Waals surface area contributed by atoms with Crippen molar-refractivity contribution in [2.45, 2.75) is 31.7 Å². The molecule has 1 saturated heterocycles. The minimum Gasteiger partial charge on any atom is -0.356 e. The van der Waals surface area contributed by atoms with Crippen LogP contribution in [0.4, 0.5) is 14.9 Å². The molecular weight excluding hydrogens is 429 g/mol. The van der Waals surface area contributed by atoms with E-state index >= 15 is 0 Å². The van der Waals surface area contributed by atoms with Crippen LogP contribution in [0.2, 0.25) is 0 Å². The van der Waals surface area contributed by atoms with Gasteiger partial charge in [-0.05, 0) is 48.2 Å². The number of amides is 3. The minimum atomic E-state index is -1.26. The fourth-order valence-corrected chi connectivity index (χ4v) is 5.52. The molecule has 1 aromatic heterocycles. The predicted octanol–water partition coefficient (Wildman–Crippen LogP) is 5.70. The van der Waals surface area contributed by atoms with Crippen molar-refractivity contribution in [2.24, 2.45) is 0 Å². The Labute approximate surface area is 196 Å². The quantitative estimate of drug-likeness (QED) is 0.405. The van der Waals surface area contributed by atoms with Crippen LogP contribution >= 0.6 is 0 Å². The Morgan fingerprint density at radius 2 is 1.71 bits per heavy atom. The normalized spacial score (nSPS) is 21.8. The summed E-state index contributed by atoms with van der Waals surface area (Å²) in [6, 6.07) is 21.8. The lowest BCUT2D eigenvalue weighted by atomic mass is 9.78. The molecule has 6 heteroatoms. The van der Waals surface area contributed by atoms with Crippen LogP contribution in [0, 0.1) is 5.82 Å². The number of fused-ring (bicyclic) bond motifs is 5. The third kappa shape index (κ3) is 2.65. The van der Waals surface area contributed by atoms with E-state index in [4.69, 9.17) is 0 Å². The number of nitrogens with zero attached hydrogens (tertiary/aromatic N) is 2. The van der Waals surface area contributed by atoms with Gasteiger partial charge in [0.05, 0.1) is 11.4 Å². The van der Waals surface area contributed by atoms with Crippen LogP contribution in [0.1, 0.15) is 42.1 Å². The van der Waals surface area contributed by atoms with Crippen LogP contribution in [0.15, 0.2) is 72.8 Å². The zero-order valence-corrected chi connectivity index (χ0v) is 19.0. The van der Waals surface area contributed by atoms with Crippen LogP contribution in [0.25, 0.3) is 10.9 Å². The van der Waals surface area contributed by atoms with E-state index in [0.29, 0.717) is 12.2 Å². The number of rotatable bonds is 3. The maximum absolute atomic E-state index is 14.7. The molecule has 0 unspecified atom stereocenters. The number of aromatic amines is 1. The van der Waals surface area contributed by atoms with Gasteiger partial charge in [-0.3, -0.25) is 4.79 Å². The van der Waals surface area contributed by atoms with Gasteiger partial charge in [-0.25, -0.2) is 14.1 Å². The number of benzene rings is 3. The summed E-state index contributed by atoms with van der Waals surface area (Å²) in [5.74, 6) is -1.17. The molecule has 1 N–H and O–H groups in total. The van der Waals surface area contributed by atoms with E-state index < -0.39 is 23.3 Å². The standard InChI is InChI=1S/C28H24FN3O2/c1-3-17-12-14-18(15-13-17)20-16-31-27(34)32(23-11-7-5-9-21(23)29)26(33)28(31,2)25-24(20)19-8-4-6-10-22(19)30-25/h4-15,20,30H,3,16H2,1-2H3/t20-,28-/m0/s1. The summed E-state index contributed by atoms with van der Waals surface area (Å²) in [6.07, 6.45) is 0.943. The number of imide groups is 1. The van der Waals surface area contributed by atoms with Crippen LogP contribution < -0.4 is 4.90 Å². The van der Waals surface area contributed by atoms with Crippen molar-refractivity contribution in [1.82, 2.24) is 9.88 Å². The Hall–Kier alpha value is -3.93. The average molecular weight is 454 g/mol. The zero-order valence-electron chi connectivity index (χ0n) is 19.0. The summed E-state index contributed by atoms with van der Waals surface area (Å²) in [4.78, 5) is 33.6. The molecule has 3 aromatic carbocycles. The third-order valence-corrected chi connectivity index (χ3v) is 7.41. The number of aryl methyl sites for hydroxylation is 1. The molecule has 3 heterocycles. The summed E-state index contributed by atoms with van der Waals surface area (Å²) < 4.78 is 14.7. The predicted molar refractivity (Wildman–Crippen MR) is 129 cm³/mol. The highest BCUT2D eigenvalue weighted by Crippen LogP contribution is 2.50. The fraction of sp³-hybridized carbons (Fsp3) is 0.214. The van der Waals surface area contributed by atoms with Crippen molar-refractivity contribution >= 4 is 28.5 Å². The topological polar surface area (TPSA) is 56.4 Å². The number of aromatic nitrogens is 1. The Morgan fingerprint density at radius 1 is 1.00 bits per heavy atom. The van der Waals surface area contributed by atoms with Crippen molar-refractivity contribution in [2.75, 3.05) is 11.4 Å². The average Bonchev–Trinajstić information content (AvgIpc) is 3.34. The van der Waals surface area contributed by atoms with E-state index in [-0.39, 0.29) is 11.6 Å². The van der Waals surface area contributed by atoms with Crippen LogP contribution in [0.3, 0.4) is 0 Å². The molecule has 2 aliphatic rings.